The Morgan fingerprint density at radius 3 is 2.29 bits per heavy atom. The highest BCUT2D eigenvalue weighted by atomic mass is 19.1. The van der Waals surface area contributed by atoms with Crippen LogP contribution in [0.1, 0.15) is 50.2 Å². The highest BCUT2D eigenvalue weighted by molar-refractivity contribution is 5.64. The lowest BCUT2D eigenvalue weighted by molar-refractivity contribution is 0.278. The van der Waals surface area contributed by atoms with E-state index >= 15 is 0 Å². The zero-order chi connectivity index (χ0) is 16.9. The number of aryl methyl sites for hydroxylation is 1. The molecule has 2 heteroatoms. The van der Waals surface area contributed by atoms with E-state index in [0.29, 0.717) is 0 Å². The molecule has 3 rings (SSSR count). The topological polar surface area (TPSA) is 23.8 Å². The second-order valence-electron chi connectivity index (χ2n) is 7.17. The molecule has 1 aliphatic carbocycles. The third kappa shape index (κ3) is 4.03. The summed E-state index contributed by atoms with van der Waals surface area (Å²) in [5, 5.41) is 8.81. The molecule has 0 aromatic heterocycles. The number of rotatable bonds is 4. The Bertz CT molecular complexity index is 719. The van der Waals surface area contributed by atoms with E-state index in [2.05, 4.69) is 31.2 Å². The zero-order valence-electron chi connectivity index (χ0n) is 14.3. The molecule has 1 nitrogen and oxygen atoms in total. The van der Waals surface area contributed by atoms with Gasteiger partial charge < -0.3 is 0 Å². The van der Waals surface area contributed by atoms with Crippen molar-refractivity contribution in [1.29, 1.82) is 5.26 Å². The Kier molecular flexibility index (Phi) is 5.30. The summed E-state index contributed by atoms with van der Waals surface area (Å²) in [4.78, 5) is 0. The van der Waals surface area contributed by atoms with Crippen molar-refractivity contribution in [1.82, 2.24) is 0 Å². The predicted molar refractivity (Wildman–Crippen MR) is 96.0 cm³/mol. The first kappa shape index (κ1) is 16.7. The smallest absolute Gasteiger partial charge is 0.141 e. The molecule has 1 aliphatic rings. The molecule has 0 amide bonds. The van der Waals surface area contributed by atoms with Crippen molar-refractivity contribution in [2.24, 2.45) is 11.8 Å². The van der Waals surface area contributed by atoms with E-state index in [1.165, 1.54) is 43.7 Å². The van der Waals surface area contributed by atoms with Gasteiger partial charge in [0.15, 0.2) is 0 Å². The molecule has 0 saturated heterocycles. The van der Waals surface area contributed by atoms with Gasteiger partial charge >= 0.3 is 0 Å². The van der Waals surface area contributed by atoms with Gasteiger partial charge in [0, 0.05) is 0 Å². The van der Waals surface area contributed by atoms with Gasteiger partial charge in [-0.1, -0.05) is 62.9 Å². The Morgan fingerprint density at radius 2 is 1.67 bits per heavy atom. The molecule has 1 fully saturated rings. The Morgan fingerprint density at radius 1 is 1.00 bits per heavy atom. The van der Waals surface area contributed by atoms with E-state index in [9.17, 15) is 4.39 Å². The molecule has 2 aromatic rings. The maximum atomic E-state index is 13.7. The molecule has 24 heavy (non-hydrogen) atoms. The van der Waals surface area contributed by atoms with Gasteiger partial charge in [0.05, 0.1) is 5.56 Å². The molecular weight excluding hydrogens is 297 g/mol. The average molecular weight is 321 g/mol. The molecule has 0 aliphatic heterocycles. The van der Waals surface area contributed by atoms with Crippen LogP contribution in [-0.2, 0) is 6.42 Å². The first-order valence-electron chi connectivity index (χ1n) is 8.94. The molecule has 0 spiro atoms. The minimum atomic E-state index is -0.453. The van der Waals surface area contributed by atoms with Gasteiger partial charge in [-0.2, -0.15) is 5.26 Å². The maximum Gasteiger partial charge on any atom is 0.141 e. The molecule has 0 N–H and O–H groups in total. The van der Waals surface area contributed by atoms with Gasteiger partial charge in [0.1, 0.15) is 11.9 Å². The standard InChI is InChI=1S/C22H24FN/c1-16-2-4-17(5-3-16)6-7-18-8-10-19(11-9-18)20-12-13-21(15-24)22(23)14-20/h8-14,16-17H,2-7H2,1H3. The quantitative estimate of drug-likeness (QED) is 0.665. The van der Waals surface area contributed by atoms with Crippen molar-refractivity contribution in [2.45, 2.75) is 45.4 Å². The zero-order valence-corrected chi connectivity index (χ0v) is 14.3. The molecule has 2 aromatic carbocycles. The van der Waals surface area contributed by atoms with Crippen molar-refractivity contribution in [3.8, 4) is 17.2 Å². The summed E-state index contributed by atoms with van der Waals surface area (Å²) in [6, 6.07) is 15.1. The van der Waals surface area contributed by atoms with E-state index in [-0.39, 0.29) is 5.56 Å². The summed E-state index contributed by atoms with van der Waals surface area (Å²) in [6.07, 6.45) is 7.92. The fraction of sp³-hybridized carbons (Fsp3) is 0.409. The molecular formula is C22H24FN. The van der Waals surface area contributed by atoms with Crippen LogP contribution in [0, 0.1) is 29.0 Å². The summed E-state index contributed by atoms with van der Waals surface area (Å²) in [5.74, 6) is 1.34. The van der Waals surface area contributed by atoms with Crippen molar-refractivity contribution in [3.63, 3.8) is 0 Å². The Balaban J connectivity index is 1.61. The third-order valence-electron chi connectivity index (χ3n) is 5.35. The highest BCUT2D eigenvalue weighted by Gasteiger charge is 2.17. The molecule has 0 unspecified atom stereocenters. The van der Waals surface area contributed by atoms with Gasteiger partial charge in [-0.3, -0.25) is 0 Å². The normalized spacial score (nSPS) is 20.5. The van der Waals surface area contributed by atoms with Crippen LogP contribution in [0.15, 0.2) is 42.5 Å². The number of nitrogens with zero attached hydrogens (tertiary/aromatic N) is 1. The molecule has 124 valence electrons. The summed E-state index contributed by atoms with van der Waals surface area (Å²) in [5.41, 5.74) is 3.26. The highest BCUT2D eigenvalue weighted by Crippen LogP contribution is 2.31. The molecule has 0 radical (unpaired) electrons. The van der Waals surface area contributed by atoms with E-state index in [1.54, 1.807) is 12.1 Å². The lowest BCUT2D eigenvalue weighted by Crippen LogP contribution is -2.12. The van der Waals surface area contributed by atoms with Crippen molar-refractivity contribution >= 4 is 0 Å². The monoisotopic (exact) mass is 321 g/mol. The lowest BCUT2D eigenvalue weighted by Gasteiger charge is -2.26. The van der Waals surface area contributed by atoms with Gasteiger partial charge in [0.25, 0.3) is 0 Å². The van der Waals surface area contributed by atoms with Gasteiger partial charge in [-0.25, -0.2) is 4.39 Å². The number of benzene rings is 2. The maximum absolute atomic E-state index is 13.7. The number of hydrogen-bond donors (Lipinski definition) is 0. The first-order chi connectivity index (χ1) is 11.7. The summed E-state index contributed by atoms with van der Waals surface area (Å²) in [7, 11) is 0. The molecule has 1 saturated carbocycles. The predicted octanol–water partition coefficient (Wildman–Crippen LogP) is 6.12. The average Bonchev–Trinajstić information content (AvgIpc) is 2.61. The van der Waals surface area contributed by atoms with Gasteiger partial charge in [-0.05, 0) is 53.5 Å². The number of hydrogen-bond acceptors (Lipinski definition) is 1. The van der Waals surface area contributed by atoms with Crippen LogP contribution in [0.5, 0.6) is 0 Å². The minimum Gasteiger partial charge on any atom is -0.206 e. The number of nitriles is 1. The van der Waals surface area contributed by atoms with Crippen LogP contribution in [0.3, 0.4) is 0 Å². The molecule has 0 bridgehead atoms. The summed E-state index contributed by atoms with van der Waals surface area (Å²) < 4.78 is 13.7. The minimum absolute atomic E-state index is 0.0946. The Labute approximate surface area is 144 Å². The van der Waals surface area contributed by atoms with Crippen molar-refractivity contribution in [2.75, 3.05) is 0 Å². The number of halogens is 1. The molecule has 0 heterocycles. The Hall–Kier alpha value is -2.14. The van der Waals surface area contributed by atoms with E-state index < -0.39 is 5.82 Å². The van der Waals surface area contributed by atoms with Gasteiger partial charge in [-0.15, -0.1) is 0 Å². The van der Waals surface area contributed by atoms with Gasteiger partial charge in [0.2, 0.25) is 0 Å². The molecule has 0 atom stereocenters. The fourth-order valence-corrected chi connectivity index (χ4v) is 3.64. The van der Waals surface area contributed by atoms with E-state index in [4.69, 9.17) is 5.26 Å². The summed E-state index contributed by atoms with van der Waals surface area (Å²) in [6.45, 7) is 2.36. The SMILES string of the molecule is CC1CCC(CCc2ccc(-c3ccc(C#N)c(F)c3)cc2)CC1. The van der Waals surface area contributed by atoms with Crippen LogP contribution >= 0.6 is 0 Å². The van der Waals surface area contributed by atoms with Crippen molar-refractivity contribution < 1.29 is 4.39 Å². The van der Waals surface area contributed by atoms with Crippen LogP contribution in [-0.4, -0.2) is 0 Å². The first-order valence-corrected chi connectivity index (χ1v) is 8.94. The van der Waals surface area contributed by atoms with Crippen LogP contribution < -0.4 is 0 Å². The van der Waals surface area contributed by atoms with E-state index in [0.717, 1.165) is 29.4 Å². The second-order valence-corrected chi connectivity index (χ2v) is 7.17. The fourth-order valence-electron chi connectivity index (χ4n) is 3.64. The lowest BCUT2D eigenvalue weighted by atomic mass is 9.80. The summed E-state index contributed by atoms with van der Waals surface area (Å²) >= 11 is 0. The van der Waals surface area contributed by atoms with E-state index in [1.807, 2.05) is 6.07 Å². The largest absolute Gasteiger partial charge is 0.206 e. The van der Waals surface area contributed by atoms with Crippen LogP contribution in [0.4, 0.5) is 4.39 Å². The van der Waals surface area contributed by atoms with Crippen LogP contribution in [0.2, 0.25) is 0 Å². The van der Waals surface area contributed by atoms with Crippen molar-refractivity contribution in [3.05, 3.63) is 59.4 Å². The second kappa shape index (κ2) is 7.62. The van der Waals surface area contributed by atoms with Crippen LogP contribution in [0.25, 0.3) is 11.1 Å². The third-order valence-corrected chi connectivity index (χ3v) is 5.35.